The summed E-state index contributed by atoms with van der Waals surface area (Å²) in [4.78, 5) is 27.2. The largest absolute Gasteiger partial charge is 0.416 e. The molecule has 0 saturated heterocycles. The molecule has 168 valence electrons. The molecule has 2 aromatic carbocycles. The number of carbonyl (C=O) groups is 2. The van der Waals surface area contributed by atoms with Crippen LogP contribution in [-0.4, -0.2) is 42.3 Å². The fourth-order valence-corrected chi connectivity index (χ4v) is 2.82. The van der Waals surface area contributed by atoms with Crippen molar-refractivity contribution < 1.29 is 35.9 Å². The first-order valence-electron chi connectivity index (χ1n) is 9.13. The second kappa shape index (κ2) is 8.99. The number of rotatable bonds is 5. The van der Waals surface area contributed by atoms with E-state index in [1.807, 2.05) is 0 Å². The summed E-state index contributed by atoms with van der Waals surface area (Å²) in [5.74, 6) is -1.20. The number of hydrogen-bond acceptors (Lipinski definition) is 2. The summed E-state index contributed by atoms with van der Waals surface area (Å²) in [6.07, 6.45) is -10.1. The number of benzene rings is 2. The van der Waals surface area contributed by atoms with E-state index in [0.717, 1.165) is 4.90 Å². The van der Waals surface area contributed by atoms with Crippen molar-refractivity contribution in [3.05, 3.63) is 70.3 Å². The number of halogens is 6. The summed E-state index contributed by atoms with van der Waals surface area (Å²) in [7, 11) is 3.16. The van der Waals surface area contributed by atoms with Crippen LogP contribution in [0.15, 0.2) is 42.5 Å². The molecule has 2 rings (SSSR count). The molecule has 0 spiro atoms. The van der Waals surface area contributed by atoms with E-state index in [2.05, 4.69) is 0 Å². The Bertz CT molecular complexity index is 918. The second-order valence-corrected chi connectivity index (χ2v) is 7.01. The van der Waals surface area contributed by atoms with Crippen LogP contribution in [0.4, 0.5) is 26.3 Å². The zero-order valence-electron chi connectivity index (χ0n) is 16.9. The van der Waals surface area contributed by atoms with E-state index in [9.17, 15) is 35.9 Å². The lowest BCUT2D eigenvalue weighted by molar-refractivity contribution is -0.143. The minimum Gasteiger partial charge on any atom is -0.345 e. The molecular formula is C21H20F6N2O2. The Hall–Kier alpha value is -3.04. The first-order valence-corrected chi connectivity index (χ1v) is 9.13. The van der Waals surface area contributed by atoms with E-state index >= 15 is 0 Å². The van der Waals surface area contributed by atoms with Crippen LogP contribution in [0.25, 0.3) is 0 Å². The van der Waals surface area contributed by atoms with Gasteiger partial charge >= 0.3 is 12.4 Å². The van der Waals surface area contributed by atoms with Gasteiger partial charge in [-0.3, -0.25) is 9.59 Å². The van der Waals surface area contributed by atoms with Crippen LogP contribution in [0.1, 0.15) is 44.3 Å². The van der Waals surface area contributed by atoms with Crippen LogP contribution in [0.5, 0.6) is 0 Å². The molecule has 0 radical (unpaired) electrons. The standard InChI is InChI=1S/C21H20F6N2O2/c1-4-29(12-13-5-7-14(8-6-13)18(30)28(2)3)19(31)15-9-16(20(22,23)24)11-17(10-15)21(25,26)27/h5-11H,4,12H2,1-3H3. The first-order chi connectivity index (χ1) is 14.2. The lowest BCUT2D eigenvalue weighted by Gasteiger charge is -2.22. The SMILES string of the molecule is CCN(Cc1ccc(C(=O)N(C)C)cc1)C(=O)c1cc(C(F)(F)F)cc(C(F)(F)F)c1. The van der Waals surface area contributed by atoms with Crippen molar-refractivity contribution in [1.82, 2.24) is 9.80 Å². The maximum absolute atomic E-state index is 13.1. The van der Waals surface area contributed by atoms with Gasteiger partial charge in [0.05, 0.1) is 11.1 Å². The third-order valence-corrected chi connectivity index (χ3v) is 4.48. The summed E-state index contributed by atoms with van der Waals surface area (Å²) in [6, 6.07) is 7.01. The number of alkyl halides is 6. The molecular weight excluding hydrogens is 426 g/mol. The molecule has 0 aromatic heterocycles. The highest BCUT2D eigenvalue weighted by molar-refractivity contribution is 5.95. The van der Waals surface area contributed by atoms with Gasteiger partial charge in [0.15, 0.2) is 0 Å². The van der Waals surface area contributed by atoms with Crippen molar-refractivity contribution in [2.24, 2.45) is 0 Å². The summed E-state index contributed by atoms with van der Waals surface area (Å²) < 4.78 is 78.4. The van der Waals surface area contributed by atoms with Gasteiger partial charge in [-0.1, -0.05) is 12.1 Å². The van der Waals surface area contributed by atoms with Crippen LogP contribution < -0.4 is 0 Å². The molecule has 0 N–H and O–H groups in total. The average Bonchev–Trinajstić information content (AvgIpc) is 2.69. The minimum atomic E-state index is -5.04. The first kappa shape index (κ1) is 24.2. The molecule has 0 saturated carbocycles. The molecule has 10 heteroatoms. The maximum Gasteiger partial charge on any atom is 0.416 e. The van der Waals surface area contributed by atoms with E-state index in [4.69, 9.17) is 0 Å². The van der Waals surface area contributed by atoms with Crippen molar-refractivity contribution >= 4 is 11.8 Å². The summed E-state index contributed by atoms with van der Waals surface area (Å²) >= 11 is 0. The van der Waals surface area contributed by atoms with Crippen molar-refractivity contribution in [3.63, 3.8) is 0 Å². The molecule has 0 bridgehead atoms. The highest BCUT2D eigenvalue weighted by Crippen LogP contribution is 2.36. The Labute approximate surface area is 175 Å². The summed E-state index contributed by atoms with van der Waals surface area (Å²) in [6.45, 7) is 1.55. The van der Waals surface area contributed by atoms with E-state index in [-0.39, 0.29) is 25.1 Å². The molecule has 2 amide bonds. The van der Waals surface area contributed by atoms with Gasteiger partial charge < -0.3 is 9.80 Å². The van der Waals surface area contributed by atoms with Gasteiger partial charge in [-0.25, -0.2) is 0 Å². The number of hydrogen-bond donors (Lipinski definition) is 0. The van der Waals surface area contributed by atoms with E-state index in [1.165, 1.54) is 17.0 Å². The molecule has 2 aromatic rings. The number of nitrogens with zero attached hydrogens (tertiary/aromatic N) is 2. The van der Waals surface area contributed by atoms with Crippen LogP contribution in [0.3, 0.4) is 0 Å². The van der Waals surface area contributed by atoms with Gasteiger partial charge in [0.25, 0.3) is 11.8 Å². The topological polar surface area (TPSA) is 40.6 Å². The van der Waals surface area contributed by atoms with Crippen LogP contribution in [0.2, 0.25) is 0 Å². The predicted molar refractivity (Wildman–Crippen MR) is 101 cm³/mol. The zero-order chi connectivity index (χ0) is 23.6. The molecule has 4 nitrogen and oxygen atoms in total. The summed E-state index contributed by atoms with van der Waals surface area (Å²) in [5, 5.41) is 0. The number of amides is 2. The maximum atomic E-state index is 13.1. The Morgan fingerprint density at radius 2 is 1.26 bits per heavy atom. The lowest BCUT2D eigenvalue weighted by atomic mass is 10.0. The fourth-order valence-electron chi connectivity index (χ4n) is 2.82. The van der Waals surface area contributed by atoms with Gasteiger partial charge in [0.1, 0.15) is 0 Å². The van der Waals surface area contributed by atoms with Crippen molar-refractivity contribution in [2.75, 3.05) is 20.6 Å². The number of carbonyl (C=O) groups excluding carboxylic acids is 2. The zero-order valence-corrected chi connectivity index (χ0v) is 16.9. The molecule has 0 unspecified atom stereocenters. The Balaban J connectivity index is 2.34. The second-order valence-electron chi connectivity index (χ2n) is 7.01. The highest BCUT2D eigenvalue weighted by atomic mass is 19.4. The summed E-state index contributed by atoms with van der Waals surface area (Å²) in [5.41, 5.74) is -2.84. The monoisotopic (exact) mass is 446 g/mol. The molecule has 0 aliphatic carbocycles. The van der Waals surface area contributed by atoms with Gasteiger partial charge in [-0.05, 0) is 42.8 Å². The Morgan fingerprint density at radius 3 is 1.65 bits per heavy atom. The molecule has 31 heavy (non-hydrogen) atoms. The minimum absolute atomic E-state index is 0.0203. The van der Waals surface area contributed by atoms with Gasteiger partial charge in [-0.15, -0.1) is 0 Å². The predicted octanol–water partition coefficient (Wildman–Crippen LogP) is 5.09. The van der Waals surface area contributed by atoms with Crippen LogP contribution >= 0.6 is 0 Å². The van der Waals surface area contributed by atoms with Gasteiger partial charge in [-0.2, -0.15) is 26.3 Å². The van der Waals surface area contributed by atoms with Crippen molar-refractivity contribution in [3.8, 4) is 0 Å². The third kappa shape index (κ3) is 5.99. The van der Waals surface area contributed by atoms with Crippen molar-refractivity contribution in [2.45, 2.75) is 25.8 Å². The average molecular weight is 446 g/mol. The Kier molecular flexibility index (Phi) is 7.03. The normalized spacial score (nSPS) is 11.9. The van der Waals surface area contributed by atoms with Crippen LogP contribution in [-0.2, 0) is 18.9 Å². The fraction of sp³-hybridized carbons (Fsp3) is 0.333. The molecule has 0 atom stereocenters. The van der Waals surface area contributed by atoms with Gasteiger partial charge in [0.2, 0.25) is 0 Å². The molecule has 0 heterocycles. The van der Waals surface area contributed by atoms with Crippen molar-refractivity contribution in [1.29, 1.82) is 0 Å². The van der Waals surface area contributed by atoms with E-state index in [1.54, 1.807) is 33.2 Å². The smallest absolute Gasteiger partial charge is 0.345 e. The van der Waals surface area contributed by atoms with E-state index in [0.29, 0.717) is 23.3 Å². The molecule has 0 fully saturated rings. The molecule has 0 aliphatic rings. The van der Waals surface area contributed by atoms with Gasteiger partial charge in [0, 0.05) is 38.3 Å². The molecule has 0 aliphatic heterocycles. The van der Waals surface area contributed by atoms with E-state index < -0.39 is 35.0 Å². The third-order valence-electron chi connectivity index (χ3n) is 4.48. The lowest BCUT2D eigenvalue weighted by Crippen LogP contribution is -2.31. The van der Waals surface area contributed by atoms with Crippen LogP contribution in [0, 0.1) is 0 Å². The Morgan fingerprint density at radius 1 is 0.774 bits per heavy atom. The quantitative estimate of drug-likeness (QED) is 0.601. The highest BCUT2D eigenvalue weighted by Gasteiger charge is 2.37.